The number of morpholine rings is 1. The molecule has 3 heterocycles. The molecule has 6 heteroatoms. The van der Waals surface area contributed by atoms with E-state index < -0.39 is 0 Å². The van der Waals surface area contributed by atoms with Crippen LogP contribution in [0, 0.1) is 19.8 Å². The Morgan fingerprint density at radius 2 is 2.13 bits per heavy atom. The highest BCUT2D eigenvalue weighted by molar-refractivity contribution is 7.14. The van der Waals surface area contributed by atoms with Crippen molar-refractivity contribution >= 4 is 17.2 Å². The highest BCUT2D eigenvalue weighted by Crippen LogP contribution is 2.23. The van der Waals surface area contributed by atoms with Crippen LogP contribution in [0.1, 0.15) is 26.5 Å². The molecule has 0 bridgehead atoms. The Morgan fingerprint density at radius 1 is 1.35 bits per heavy atom. The van der Waals surface area contributed by atoms with Crippen molar-refractivity contribution in [2.75, 3.05) is 46.1 Å². The van der Waals surface area contributed by atoms with Gasteiger partial charge in [0.05, 0.1) is 24.7 Å². The number of carbonyl (C=O) groups is 1. The lowest BCUT2D eigenvalue weighted by atomic mass is 9.97. The van der Waals surface area contributed by atoms with Gasteiger partial charge in [-0.15, -0.1) is 11.3 Å². The van der Waals surface area contributed by atoms with Gasteiger partial charge in [0.25, 0.3) is 5.91 Å². The molecule has 0 aromatic carbocycles. The Labute approximate surface area is 142 Å². The predicted molar refractivity (Wildman–Crippen MR) is 91.2 cm³/mol. The van der Waals surface area contributed by atoms with Crippen LogP contribution >= 0.6 is 11.3 Å². The van der Waals surface area contributed by atoms with Crippen LogP contribution in [0.4, 0.5) is 0 Å². The number of amides is 1. The van der Waals surface area contributed by atoms with Gasteiger partial charge in [-0.3, -0.25) is 9.69 Å². The number of nitrogens with zero attached hydrogens (tertiary/aromatic N) is 1. The highest BCUT2D eigenvalue weighted by Gasteiger charge is 2.31. The van der Waals surface area contributed by atoms with E-state index in [4.69, 9.17) is 9.47 Å². The number of rotatable bonds is 5. The molecule has 1 aromatic heterocycles. The molecule has 3 rings (SSSR count). The average molecular weight is 338 g/mol. The summed E-state index contributed by atoms with van der Waals surface area (Å²) >= 11 is 1.57. The van der Waals surface area contributed by atoms with Crippen molar-refractivity contribution in [1.29, 1.82) is 0 Å². The third kappa shape index (κ3) is 4.12. The first-order valence-corrected chi connectivity index (χ1v) is 9.21. The molecule has 1 N–H and O–H groups in total. The fourth-order valence-electron chi connectivity index (χ4n) is 3.33. The van der Waals surface area contributed by atoms with Crippen molar-refractivity contribution in [3.05, 3.63) is 21.4 Å². The molecule has 0 radical (unpaired) electrons. The van der Waals surface area contributed by atoms with E-state index in [2.05, 4.69) is 24.1 Å². The lowest BCUT2D eigenvalue weighted by Gasteiger charge is -2.37. The summed E-state index contributed by atoms with van der Waals surface area (Å²) in [5, 5.41) is 3.15. The third-order valence-corrected chi connectivity index (χ3v) is 6.04. The number of nitrogens with one attached hydrogen (secondary N) is 1. The molecule has 0 spiro atoms. The Bertz CT molecular complexity index is 514. The molecule has 2 atom stereocenters. The minimum Gasteiger partial charge on any atom is -0.381 e. The largest absolute Gasteiger partial charge is 0.381 e. The van der Waals surface area contributed by atoms with E-state index >= 15 is 0 Å². The normalized spacial score (nSPS) is 23.8. The fourth-order valence-corrected chi connectivity index (χ4v) is 4.28. The van der Waals surface area contributed by atoms with Gasteiger partial charge in [0.2, 0.25) is 0 Å². The van der Waals surface area contributed by atoms with Gasteiger partial charge in [0.15, 0.2) is 0 Å². The van der Waals surface area contributed by atoms with Crippen LogP contribution < -0.4 is 5.32 Å². The van der Waals surface area contributed by atoms with Crippen molar-refractivity contribution in [3.63, 3.8) is 0 Å². The topological polar surface area (TPSA) is 50.8 Å². The van der Waals surface area contributed by atoms with Crippen LogP contribution in [-0.2, 0) is 9.47 Å². The second-order valence-corrected chi connectivity index (χ2v) is 7.66. The van der Waals surface area contributed by atoms with E-state index in [0.717, 1.165) is 50.8 Å². The summed E-state index contributed by atoms with van der Waals surface area (Å²) in [7, 11) is 0. The summed E-state index contributed by atoms with van der Waals surface area (Å²) < 4.78 is 11.0. The minimum atomic E-state index is 0.0448. The summed E-state index contributed by atoms with van der Waals surface area (Å²) in [5.74, 6) is 0.545. The first-order chi connectivity index (χ1) is 11.1. The molecule has 2 aliphatic heterocycles. The van der Waals surface area contributed by atoms with E-state index in [1.54, 1.807) is 11.3 Å². The van der Waals surface area contributed by atoms with Crippen LogP contribution in [0.25, 0.3) is 0 Å². The minimum absolute atomic E-state index is 0.0448. The molecule has 0 unspecified atom stereocenters. The molecule has 5 nitrogen and oxygen atoms in total. The van der Waals surface area contributed by atoms with Crippen LogP contribution in [0.5, 0.6) is 0 Å². The summed E-state index contributed by atoms with van der Waals surface area (Å²) in [6, 6.07) is 2.32. The number of thiophene rings is 1. The summed E-state index contributed by atoms with van der Waals surface area (Å²) in [6.45, 7) is 9.87. The maximum absolute atomic E-state index is 12.4. The zero-order chi connectivity index (χ0) is 16.2. The van der Waals surface area contributed by atoms with Crippen LogP contribution in [0.3, 0.4) is 0 Å². The Hall–Kier alpha value is -0.950. The lowest BCUT2D eigenvalue weighted by molar-refractivity contribution is 0.00167. The average Bonchev–Trinajstić information content (AvgIpc) is 3.19. The highest BCUT2D eigenvalue weighted by atomic mass is 32.1. The van der Waals surface area contributed by atoms with Gasteiger partial charge in [-0.1, -0.05) is 0 Å². The first-order valence-electron chi connectivity index (χ1n) is 8.40. The van der Waals surface area contributed by atoms with Crippen LogP contribution in [-0.4, -0.2) is 62.9 Å². The Morgan fingerprint density at radius 3 is 2.74 bits per heavy atom. The van der Waals surface area contributed by atoms with E-state index in [-0.39, 0.29) is 5.91 Å². The lowest BCUT2D eigenvalue weighted by Crippen LogP contribution is -2.52. The van der Waals surface area contributed by atoms with Crippen molar-refractivity contribution in [3.8, 4) is 0 Å². The van der Waals surface area contributed by atoms with E-state index in [0.29, 0.717) is 18.5 Å². The molecule has 2 fully saturated rings. The van der Waals surface area contributed by atoms with Gasteiger partial charge in [0.1, 0.15) is 0 Å². The number of hydrogen-bond acceptors (Lipinski definition) is 5. The van der Waals surface area contributed by atoms with E-state index in [9.17, 15) is 4.79 Å². The quantitative estimate of drug-likeness (QED) is 0.890. The second-order valence-electron chi connectivity index (χ2n) is 6.40. The second kappa shape index (κ2) is 7.75. The van der Waals surface area contributed by atoms with Crippen LogP contribution in [0.2, 0.25) is 0 Å². The number of hydrogen-bond donors (Lipinski definition) is 1. The monoisotopic (exact) mass is 338 g/mol. The summed E-state index contributed by atoms with van der Waals surface area (Å²) in [6.07, 6.45) is 1.08. The third-order valence-electron chi connectivity index (χ3n) is 4.89. The number of carbonyl (C=O) groups excluding carboxylic acids is 1. The van der Waals surface area contributed by atoms with E-state index in [1.165, 1.54) is 10.4 Å². The predicted octanol–water partition coefficient (Wildman–Crippen LogP) is 1.83. The van der Waals surface area contributed by atoms with Gasteiger partial charge in [-0.2, -0.15) is 0 Å². The molecule has 0 saturated carbocycles. The zero-order valence-corrected chi connectivity index (χ0v) is 14.8. The van der Waals surface area contributed by atoms with Gasteiger partial charge < -0.3 is 14.8 Å². The molecule has 2 saturated heterocycles. The first kappa shape index (κ1) is 16.9. The molecule has 23 heavy (non-hydrogen) atoms. The SMILES string of the molecule is Cc1cc(C(=O)NC[C@@H]([C@H]2CCOC2)N2CCOCC2)sc1C. The molecule has 1 aromatic rings. The van der Waals surface area contributed by atoms with Crippen molar-refractivity contribution in [2.45, 2.75) is 26.3 Å². The standard InChI is InChI=1S/C17H26N2O3S/c1-12-9-16(23-13(12)2)17(20)18-10-15(14-3-6-22-11-14)19-4-7-21-8-5-19/h9,14-15H,3-8,10-11H2,1-2H3,(H,18,20)/t14-,15-/m0/s1. The van der Waals surface area contributed by atoms with Gasteiger partial charge >= 0.3 is 0 Å². The van der Waals surface area contributed by atoms with E-state index in [1.807, 2.05) is 6.07 Å². The smallest absolute Gasteiger partial charge is 0.261 e. The molecule has 0 aliphatic carbocycles. The van der Waals surface area contributed by atoms with Crippen molar-refractivity contribution in [2.24, 2.45) is 5.92 Å². The Kier molecular flexibility index (Phi) is 5.69. The maximum atomic E-state index is 12.4. The molecule has 2 aliphatic rings. The summed E-state index contributed by atoms with van der Waals surface area (Å²) in [4.78, 5) is 16.9. The van der Waals surface area contributed by atoms with Gasteiger partial charge in [-0.25, -0.2) is 0 Å². The molecular formula is C17H26N2O3S. The van der Waals surface area contributed by atoms with Gasteiger partial charge in [0, 0.05) is 43.1 Å². The molecular weight excluding hydrogens is 312 g/mol. The Balaban J connectivity index is 1.62. The zero-order valence-electron chi connectivity index (χ0n) is 14.0. The van der Waals surface area contributed by atoms with Crippen molar-refractivity contribution < 1.29 is 14.3 Å². The molecule has 128 valence electrons. The maximum Gasteiger partial charge on any atom is 0.261 e. The number of ether oxygens (including phenoxy) is 2. The molecule has 1 amide bonds. The van der Waals surface area contributed by atoms with Crippen LogP contribution in [0.15, 0.2) is 6.07 Å². The van der Waals surface area contributed by atoms with Crippen molar-refractivity contribution in [1.82, 2.24) is 10.2 Å². The van der Waals surface area contributed by atoms with Gasteiger partial charge in [-0.05, 0) is 31.9 Å². The fraction of sp³-hybridized carbons (Fsp3) is 0.706. The number of aryl methyl sites for hydroxylation is 2. The summed E-state index contributed by atoms with van der Waals surface area (Å²) in [5.41, 5.74) is 1.19.